The first-order valence-electron chi connectivity index (χ1n) is 8.97. The van der Waals surface area contributed by atoms with E-state index in [4.69, 9.17) is 4.74 Å². The van der Waals surface area contributed by atoms with Gasteiger partial charge in [0.15, 0.2) is 6.10 Å². The van der Waals surface area contributed by atoms with Crippen molar-refractivity contribution in [1.82, 2.24) is 5.32 Å². The Morgan fingerprint density at radius 3 is 2.41 bits per heavy atom. The van der Waals surface area contributed by atoms with E-state index >= 15 is 0 Å². The fourth-order valence-electron chi connectivity index (χ4n) is 3.03. The number of rotatable bonds is 6. The maximum Gasteiger partial charge on any atom is 0.264 e. The average molecular weight is 388 g/mol. The maximum absolute atomic E-state index is 13.0. The van der Waals surface area contributed by atoms with E-state index < -0.39 is 16.1 Å². The quantitative estimate of drug-likeness (QED) is 0.826. The molecular formula is C20H24N2O4S. The zero-order valence-corrected chi connectivity index (χ0v) is 16.5. The molecule has 0 spiro atoms. The summed E-state index contributed by atoms with van der Waals surface area (Å²) >= 11 is 0. The van der Waals surface area contributed by atoms with Crippen molar-refractivity contribution in [3.8, 4) is 5.75 Å². The van der Waals surface area contributed by atoms with E-state index in [2.05, 4.69) is 5.32 Å². The summed E-state index contributed by atoms with van der Waals surface area (Å²) in [5, 5.41) is 2.78. The second-order valence-electron chi connectivity index (χ2n) is 6.85. The summed E-state index contributed by atoms with van der Waals surface area (Å²) < 4.78 is 33.0. The van der Waals surface area contributed by atoms with Gasteiger partial charge in [0.2, 0.25) is 0 Å². The number of anilines is 1. The first kappa shape index (κ1) is 19.2. The normalized spacial score (nSPS) is 14.7. The average Bonchev–Trinajstić information content (AvgIpc) is 3.06. The van der Waals surface area contributed by atoms with E-state index in [1.54, 1.807) is 19.1 Å². The van der Waals surface area contributed by atoms with E-state index in [9.17, 15) is 13.2 Å². The molecule has 2 aromatic rings. The number of hydrogen-bond acceptors (Lipinski definition) is 4. The Morgan fingerprint density at radius 2 is 1.74 bits per heavy atom. The van der Waals surface area contributed by atoms with E-state index in [-0.39, 0.29) is 16.8 Å². The first-order chi connectivity index (χ1) is 12.8. The Bertz CT molecular complexity index is 923. The molecule has 3 rings (SSSR count). The standard InChI is InChI=1S/C20H24N2O4S/c1-14(2)21-20(23)15(3)26-17-8-10-18(11-9-17)27(24,25)22-13-12-16-6-4-5-7-19(16)22/h4-11,14-15H,12-13H2,1-3H3,(H,21,23)/t15-/m1/s1. The van der Waals surface area contributed by atoms with Crippen LogP contribution in [0.3, 0.4) is 0 Å². The van der Waals surface area contributed by atoms with Crippen molar-refractivity contribution < 1.29 is 17.9 Å². The smallest absolute Gasteiger partial charge is 0.264 e. The van der Waals surface area contributed by atoms with Gasteiger partial charge in [0.1, 0.15) is 5.75 Å². The van der Waals surface area contributed by atoms with E-state index in [1.807, 2.05) is 38.1 Å². The monoisotopic (exact) mass is 388 g/mol. The van der Waals surface area contributed by atoms with Crippen LogP contribution < -0.4 is 14.4 Å². The molecule has 1 aliphatic rings. The van der Waals surface area contributed by atoms with Gasteiger partial charge in [-0.1, -0.05) is 18.2 Å². The number of fused-ring (bicyclic) bond motifs is 1. The molecule has 1 aliphatic heterocycles. The number of benzene rings is 2. The van der Waals surface area contributed by atoms with E-state index in [0.717, 1.165) is 11.3 Å². The fourth-order valence-corrected chi connectivity index (χ4v) is 4.54. The van der Waals surface area contributed by atoms with Gasteiger partial charge in [0.05, 0.1) is 10.6 Å². The predicted molar refractivity (Wildman–Crippen MR) is 104 cm³/mol. The van der Waals surface area contributed by atoms with Crippen LogP contribution in [0.2, 0.25) is 0 Å². The van der Waals surface area contributed by atoms with Crippen molar-refractivity contribution in [2.45, 2.75) is 44.2 Å². The number of amides is 1. The highest BCUT2D eigenvalue weighted by Crippen LogP contribution is 2.33. The summed E-state index contributed by atoms with van der Waals surface area (Å²) in [4.78, 5) is 12.1. The molecule has 0 aliphatic carbocycles. The molecule has 1 atom stereocenters. The van der Waals surface area contributed by atoms with Crippen LogP contribution in [0.25, 0.3) is 0 Å². The Labute approximate surface area is 160 Å². The minimum atomic E-state index is -3.63. The zero-order chi connectivity index (χ0) is 19.6. The molecule has 1 heterocycles. The lowest BCUT2D eigenvalue weighted by atomic mass is 10.2. The Morgan fingerprint density at radius 1 is 1.07 bits per heavy atom. The number of para-hydroxylation sites is 1. The number of carbonyl (C=O) groups is 1. The number of hydrogen-bond donors (Lipinski definition) is 1. The molecule has 0 bridgehead atoms. The second-order valence-corrected chi connectivity index (χ2v) is 8.71. The van der Waals surface area contributed by atoms with Crippen LogP contribution >= 0.6 is 0 Å². The van der Waals surface area contributed by atoms with Gasteiger partial charge in [-0.2, -0.15) is 0 Å². The number of carbonyl (C=O) groups excluding carboxylic acids is 1. The highest BCUT2D eigenvalue weighted by Gasteiger charge is 2.30. The van der Waals surface area contributed by atoms with Gasteiger partial charge in [-0.3, -0.25) is 9.10 Å². The fraction of sp³-hybridized carbons (Fsp3) is 0.350. The van der Waals surface area contributed by atoms with Crippen molar-refractivity contribution in [1.29, 1.82) is 0 Å². The molecule has 0 fully saturated rings. The molecule has 144 valence electrons. The van der Waals surface area contributed by atoms with E-state index in [1.165, 1.54) is 16.4 Å². The van der Waals surface area contributed by atoms with Gasteiger partial charge in [0.25, 0.3) is 15.9 Å². The van der Waals surface area contributed by atoms with Crippen LogP contribution in [0, 0.1) is 0 Å². The van der Waals surface area contributed by atoms with Crippen LogP contribution in [0.15, 0.2) is 53.4 Å². The number of nitrogens with zero attached hydrogens (tertiary/aromatic N) is 1. The number of sulfonamides is 1. The topological polar surface area (TPSA) is 75.7 Å². The molecule has 6 nitrogen and oxygen atoms in total. The minimum absolute atomic E-state index is 0.0272. The highest BCUT2D eigenvalue weighted by atomic mass is 32.2. The SMILES string of the molecule is CC(C)NC(=O)[C@@H](C)Oc1ccc(S(=O)(=O)N2CCc3ccccc32)cc1. The molecule has 27 heavy (non-hydrogen) atoms. The molecule has 1 amide bonds. The largest absolute Gasteiger partial charge is 0.481 e. The van der Waals surface area contributed by atoms with Gasteiger partial charge in [-0.15, -0.1) is 0 Å². The maximum atomic E-state index is 13.0. The summed E-state index contributed by atoms with van der Waals surface area (Å²) in [6.07, 6.45) is 0.0410. The summed E-state index contributed by atoms with van der Waals surface area (Å²) in [5.41, 5.74) is 1.77. The lowest BCUT2D eigenvalue weighted by Gasteiger charge is -2.20. The number of nitrogens with one attached hydrogen (secondary N) is 1. The van der Waals surface area contributed by atoms with Crippen LogP contribution in [0.4, 0.5) is 5.69 Å². The van der Waals surface area contributed by atoms with Gasteiger partial charge in [-0.05, 0) is 63.1 Å². The highest BCUT2D eigenvalue weighted by molar-refractivity contribution is 7.92. The van der Waals surface area contributed by atoms with Gasteiger partial charge < -0.3 is 10.1 Å². The molecule has 0 radical (unpaired) electrons. The summed E-state index contributed by atoms with van der Waals surface area (Å²) in [6.45, 7) is 5.84. The van der Waals surface area contributed by atoms with Gasteiger partial charge in [0, 0.05) is 12.6 Å². The molecule has 0 saturated carbocycles. The zero-order valence-electron chi connectivity index (χ0n) is 15.7. The Kier molecular flexibility index (Phi) is 5.41. The van der Waals surface area contributed by atoms with Crippen molar-refractivity contribution in [3.63, 3.8) is 0 Å². The first-order valence-corrected chi connectivity index (χ1v) is 10.4. The molecule has 2 aromatic carbocycles. The van der Waals surface area contributed by atoms with Crippen LogP contribution in [0.1, 0.15) is 26.3 Å². The lowest BCUT2D eigenvalue weighted by molar-refractivity contribution is -0.127. The Hall–Kier alpha value is -2.54. The minimum Gasteiger partial charge on any atom is -0.481 e. The van der Waals surface area contributed by atoms with Crippen LogP contribution in [0.5, 0.6) is 5.75 Å². The lowest BCUT2D eigenvalue weighted by Crippen LogP contribution is -2.40. The predicted octanol–water partition coefficient (Wildman–Crippen LogP) is 2.73. The van der Waals surface area contributed by atoms with Crippen molar-refractivity contribution in [3.05, 3.63) is 54.1 Å². The second kappa shape index (κ2) is 7.60. The Balaban J connectivity index is 1.74. The van der Waals surface area contributed by atoms with Gasteiger partial charge in [-0.25, -0.2) is 8.42 Å². The summed E-state index contributed by atoms with van der Waals surface area (Å²) in [6, 6.07) is 13.7. The van der Waals surface area contributed by atoms with Crippen LogP contribution in [-0.4, -0.2) is 33.0 Å². The summed E-state index contributed by atoms with van der Waals surface area (Å²) in [5.74, 6) is 0.234. The molecule has 0 saturated heterocycles. The third kappa shape index (κ3) is 4.08. The molecule has 0 unspecified atom stereocenters. The molecule has 0 aromatic heterocycles. The van der Waals surface area contributed by atoms with Crippen molar-refractivity contribution in [2.24, 2.45) is 0 Å². The van der Waals surface area contributed by atoms with Crippen molar-refractivity contribution >= 4 is 21.6 Å². The van der Waals surface area contributed by atoms with E-state index in [0.29, 0.717) is 18.7 Å². The molecule has 7 heteroatoms. The third-order valence-electron chi connectivity index (χ3n) is 4.37. The van der Waals surface area contributed by atoms with Gasteiger partial charge >= 0.3 is 0 Å². The summed E-state index contributed by atoms with van der Waals surface area (Å²) in [7, 11) is -3.63. The number of ether oxygens (including phenoxy) is 1. The molecule has 1 N–H and O–H groups in total. The van der Waals surface area contributed by atoms with Crippen molar-refractivity contribution in [2.75, 3.05) is 10.8 Å². The molecular weight excluding hydrogens is 364 g/mol. The third-order valence-corrected chi connectivity index (χ3v) is 6.20. The van der Waals surface area contributed by atoms with Crippen LogP contribution in [-0.2, 0) is 21.2 Å².